The summed E-state index contributed by atoms with van der Waals surface area (Å²) in [6.07, 6.45) is 1.91. The molecule has 1 aliphatic carbocycles. The second kappa shape index (κ2) is 11.0. The molecule has 2 N–H and O–H groups in total. The lowest BCUT2D eigenvalue weighted by Crippen LogP contribution is -2.23. The summed E-state index contributed by atoms with van der Waals surface area (Å²) in [6, 6.07) is 15.2. The standard InChI is InChI=1S/C30H28FN6O2P3S/c1-14-12-43-22-11-19(23(29(38)36(14)22)16-3-2-4-18(40)9-16)26(15-5-6-15)37-28-24(27(32)33-13-34-28)25(35-37)17-7-8-20(21(41)10-17)39-30(31)42/h2-4,7-13,15,26,30H,5-6,40-42H2,1H3,(H2,32,33,34)/t26-,30?/m0/s1. The Kier molecular flexibility index (Phi) is 7.30. The zero-order valence-corrected chi connectivity index (χ0v) is 27.3. The van der Waals surface area contributed by atoms with Crippen LogP contribution in [0.5, 0.6) is 5.75 Å². The van der Waals surface area contributed by atoms with Crippen LogP contribution in [0.15, 0.2) is 65.0 Å². The van der Waals surface area contributed by atoms with E-state index >= 15 is 0 Å². The van der Waals surface area contributed by atoms with Gasteiger partial charge in [-0.05, 0) is 72.4 Å². The number of thiazole rings is 1. The first-order chi connectivity index (χ1) is 20.7. The van der Waals surface area contributed by atoms with E-state index in [0.29, 0.717) is 39.2 Å². The molecule has 7 rings (SSSR count). The van der Waals surface area contributed by atoms with Crippen molar-refractivity contribution in [3.05, 3.63) is 81.8 Å². The van der Waals surface area contributed by atoms with Crippen molar-refractivity contribution >= 4 is 71.3 Å². The van der Waals surface area contributed by atoms with Crippen LogP contribution in [-0.4, -0.2) is 30.2 Å². The van der Waals surface area contributed by atoms with Gasteiger partial charge in [-0.2, -0.15) is 9.49 Å². The molecule has 4 heterocycles. The number of halogens is 1. The molecule has 8 nitrogen and oxygen atoms in total. The minimum absolute atomic E-state index is 0.0539. The molecular formula is C30H28FN6O2P3S. The maximum Gasteiger partial charge on any atom is 0.264 e. The Balaban J connectivity index is 1.49. The number of nitrogens with two attached hydrogens (primary N) is 1. The van der Waals surface area contributed by atoms with Crippen molar-refractivity contribution in [1.29, 1.82) is 0 Å². The van der Waals surface area contributed by atoms with Gasteiger partial charge in [-0.3, -0.25) is 9.20 Å². The SMILES string of the molecule is Cc1csc2cc([C@H](C3CC3)n3nc(-c4ccc(OC(F)P)c(P)c4)c4c(N)ncnc43)c(-c3cccc(P)c3)c(=O)n12. The molecular weight excluding hydrogens is 620 g/mol. The van der Waals surface area contributed by atoms with E-state index in [4.69, 9.17) is 15.6 Å². The van der Waals surface area contributed by atoms with Gasteiger partial charge < -0.3 is 10.5 Å². The summed E-state index contributed by atoms with van der Waals surface area (Å²) in [7, 11) is 7.30. The van der Waals surface area contributed by atoms with Crippen molar-refractivity contribution in [1.82, 2.24) is 24.1 Å². The maximum absolute atomic E-state index is 14.3. The van der Waals surface area contributed by atoms with Crippen molar-refractivity contribution in [2.75, 3.05) is 5.73 Å². The van der Waals surface area contributed by atoms with E-state index < -0.39 is 6.10 Å². The van der Waals surface area contributed by atoms with Gasteiger partial charge in [0.05, 0.1) is 17.0 Å². The van der Waals surface area contributed by atoms with Gasteiger partial charge in [0.15, 0.2) is 5.65 Å². The van der Waals surface area contributed by atoms with E-state index in [2.05, 4.69) is 34.5 Å². The van der Waals surface area contributed by atoms with Crippen molar-refractivity contribution < 1.29 is 9.13 Å². The third-order valence-electron chi connectivity index (χ3n) is 7.77. The molecule has 5 atom stereocenters. The van der Waals surface area contributed by atoms with E-state index in [9.17, 15) is 9.18 Å². The van der Waals surface area contributed by atoms with E-state index in [-0.39, 0.29) is 17.5 Å². The smallest absolute Gasteiger partial charge is 0.264 e. The molecule has 218 valence electrons. The second-order valence-corrected chi connectivity index (χ2v) is 13.4. The van der Waals surface area contributed by atoms with E-state index in [1.165, 1.54) is 6.33 Å². The van der Waals surface area contributed by atoms with Crippen LogP contribution in [0.1, 0.15) is 30.1 Å². The lowest BCUT2D eigenvalue weighted by Gasteiger charge is -2.22. The maximum atomic E-state index is 14.3. The first kappa shape index (κ1) is 28.5. The van der Waals surface area contributed by atoms with Crippen LogP contribution in [0, 0.1) is 12.8 Å². The number of aromatic nitrogens is 5. The van der Waals surface area contributed by atoms with Crippen LogP contribution in [0.3, 0.4) is 0 Å². The molecule has 1 saturated carbocycles. The number of aryl methyl sites for hydroxylation is 1. The number of ether oxygens (including phenoxy) is 1. The zero-order valence-electron chi connectivity index (χ0n) is 23.1. The zero-order chi connectivity index (χ0) is 30.0. The molecule has 0 radical (unpaired) electrons. The molecule has 0 amide bonds. The molecule has 1 aliphatic rings. The molecule has 0 spiro atoms. The topological polar surface area (TPSA) is 100 Å². The third kappa shape index (κ3) is 5.05. The van der Waals surface area contributed by atoms with Gasteiger partial charge in [0, 0.05) is 21.9 Å². The predicted octanol–water partition coefficient (Wildman–Crippen LogP) is 5.23. The monoisotopic (exact) mass is 648 g/mol. The summed E-state index contributed by atoms with van der Waals surface area (Å²) >= 11 is 1.55. The molecule has 0 saturated heterocycles. The van der Waals surface area contributed by atoms with Gasteiger partial charge in [-0.25, -0.2) is 14.6 Å². The third-order valence-corrected chi connectivity index (χ3v) is 9.72. The summed E-state index contributed by atoms with van der Waals surface area (Å²) in [4.78, 5) is 24.1. The normalized spacial score (nSPS) is 14.8. The Morgan fingerprint density at radius 1 is 1.12 bits per heavy atom. The van der Waals surface area contributed by atoms with Gasteiger partial charge in [0.2, 0.25) is 6.10 Å². The minimum atomic E-state index is -1.52. The number of hydrogen-bond donors (Lipinski definition) is 1. The van der Waals surface area contributed by atoms with Crippen molar-refractivity contribution in [3.63, 3.8) is 0 Å². The number of nitrogen functional groups attached to an aromatic ring is 1. The summed E-state index contributed by atoms with van der Waals surface area (Å²) in [6.45, 7) is 1.95. The summed E-state index contributed by atoms with van der Waals surface area (Å²) in [5.74, 6) is 0.964. The average molecular weight is 649 g/mol. The number of anilines is 1. The number of benzene rings is 2. The van der Waals surface area contributed by atoms with Crippen molar-refractivity contribution in [2.45, 2.75) is 31.9 Å². The van der Waals surface area contributed by atoms with Crippen LogP contribution < -0.4 is 26.6 Å². The lowest BCUT2D eigenvalue weighted by atomic mass is 9.93. The molecule has 13 heteroatoms. The van der Waals surface area contributed by atoms with E-state index in [1.54, 1.807) is 21.8 Å². The van der Waals surface area contributed by atoms with Crippen LogP contribution in [0.2, 0.25) is 0 Å². The molecule has 43 heavy (non-hydrogen) atoms. The Morgan fingerprint density at radius 2 is 1.93 bits per heavy atom. The predicted molar refractivity (Wildman–Crippen MR) is 182 cm³/mol. The Bertz CT molecular complexity index is 2110. The highest BCUT2D eigenvalue weighted by Crippen LogP contribution is 2.47. The Morgan fingerprint density at radius 3 is 2.65 bits per heavy atom. The Labute approximate surface area is 257 Å². The van der Waals surface area contributed by atoms with Crippen LogP contribution in [0.4, 0.5) is 10.2 Å². The highest BCUT2D eigenvalue weighted by atomic mass is 32.1. The van der Waals surface area contributed by atoms with Gasteiger partial charge in [0.25, 0.3) is 5.56 Å². The highest BCUT2D eigenvalue weighted by Gasteiger charge is 2.39. The van der Waals surface area contributed by atoms with Crippen molar-refractivity contribution in [2.24, 2.45) is 5.92 Å². The fourth-order valence-electron chi connectivity index (χ4n) is 5.75. The second-order valence-electron chi connectivity index (χ2n) is 10.7. The first-order valence-corrected chi connectivity index (χ1v) is 16.4. The number of nitrogens with zero attached hydrogens (tertiary/aromatic N) is 5. The molecule has 0 bridgehead atoms. The van der Waals surface area contributed by atoms with Crippen LogP contribution >= 0.6 is 39.1 Å². The van der Waals surface area contributed by atoms with Gasteiger partial charge in [-0.1, -0.05) is 27.4 Å². The fourth-order valence-corrected chi connectivity index (χ4v) is 7.46. The highest BCUT2D eigenvalue weighted by molar-refractivity contribution is 7.27. The molecule has 0 aliphatic heterocycles. The average Bonchev–Trinajstić information content (AvgIpc) is 3.62. The molecule has 4 unspecified atom stereocenters. The summed E-state index contributed by atoms with van der Waals surface area (Å²) in [5.41, 5.74) is 11.7. The van der Waals surface area contributed by atoms with Gasteiger partial charge in [-0.15, -0.1) is 29.8 Å². The number of alkyl halides is 1. The Hall–Kier alpha value is -3.28. The molecule has 6 aromatic rings. The number of pyridine rings is 1. The fraction of sp³-hybridized carbons (Fsp3) is 0.200. The van der Waals surface area contributed by atoms with Crippen molar-refractivity contribution in [3.8, 4) is 28.1 Å². The largest absolute Gasteiger partial charge is 0.457 e. The number of fused-ring (bicyclic) bond motifs is 2. The first-order valence-electron chi connectivity index (χ1n) is 13.7. The van der Waals surface area contributed by atoms with E-state index in [0.717, 1.165) is 45.4 Å². The lowest BCUT2D eigenvalue weighted by molar-refractivity contribution is 0.155. The van der Waals surface area contributed by atoms with Crippen LogP contribution in [-0.2, 0) is 0 Å². The van der Waals surface area contributed by atoms with Gasteiger partial charge >= 0.3 is 0 Å². The minimum Gasteiger partial charge on any atom is -0.457 e. The quantitative estimate of drug-likeness (QED) is 0.238. The number of hydrogen-bond acceptors (Lipinski definition) is 7. The molecule has 2 aromatic carbocycles. The summed E-state index contributed by atoms with van der Waals surface area (Å²) in [5, 5.41) is 9.45. The van der Waals surface area contributed by atoms with Gasteiger partial charge in [0.1, 0.15) is 28.4 Å². The molecule has 4 aromatic heterocycles. The van der Waals surface area contributed by atoms with E-state index in [1.807, 2.05) is 62.6 Å². The molecule has 1 fully saturated rings. The summed E-state index contributed by atoms with van der Waals surface area (Å²) < 4.78 is 22.5. The van der Waals surface area contributed by atoms with Crippen LogP contribution in [0.25, 0.3) is 38.2 Å². The number of rotatable bonds is 7.